The molecular weight excluding hydrogens is 306 g/mol. The van der Waals surface area contributed by atoms with Crippen molar-refractivity contribution in [3.63, 3.8) is 0 Å². The van der Waals surface area contributed by atoms with Gasteiger partial charge in [0.15, 0.2) is 0 Å². The Morgan fingerprint density at radius 3 is 2.83 bits per heavy atom. The van der Waals surface area contributed by atoms with E-state index < -0.39 is 5.60 Å². The molecule has 0 aliphatic carbocycles. The van der Waals surface area contributed by atoms with Crippen LogP contribution in [-0.4, -0.2) is 45.4 Å². The van der Waals surface area contributed by atoms with E-state index >= 15 is 0 Å². The first-order valence-electron chi connectivity index (χ1n) is 8.11. The molecule has 0 saturated carbocycles. The van der Waals surface area contributed by atoms with Crippen molar-refractivity contribution < 1.29 is 14.6 Å². The Morgan fingerprint density at radius 1 is 1.42 bits per heavy atom. The standard InChI is InChI=1S/C18H23N3O3/c1-18(23,15-6-4-3-5-7-15)10-17(22)21-8-9-24-16(13-21)14-11-19-20(2)12-14/h3-7,11-12,16,23H,8-10,13H2,1-2H3. The van der Waals surface area contributed by atoms with Crippen molar-refractivity contribution in [1.29, 1.82) is 0 Å². The first kappa shape index (κ1) is 16.7. The van der Waals surface area contributed by atoms with Crippen LogP contribution in [0.5, 0.6) is 0 Å². The van der Waals surface area contributed by atoms with Crippen LogP contribution < -0.4 is 0 Å². The first-order valence-corrected chi connectivity index (χ1v) is 8.11. The Kier molecular flexibility index (Phi) is 4.69. The second kappa shape index (κ2) is 6.75. The van der Waals surface area contributed by atoms with Crippen molar-refractivity contribution in [2.75, 3.05) is 19.7 Å². The summed E-state index contributed by atoms with van der Waals surface area (Å²) >= 11 is 0. The maximum atomic E-state index is 12.7. The molecule has 6 nitrogen and oxygen atoms in total. The van der Waals surface area contributed by atoms with Gasteiger partial charge in [0.1, 0.15) is 6.10 Å². The van der Waals surface area contributed by atoms with E-state index in [9.17, 15) is 9.90 Å². The fourth-order valence-electron chi connectivity index (χ4n) is 2.99. The Balaban J connectivity index is 1.66. The van der Waals surface area contributed by atoms with Gasteiger partial charge in [-0.1, -0.05) is 30.3 Å². The van der Waals surface area contributed by atoms with Gasteiger partial charge >= 0.3 is 0 Å². The van der Waals surface area contributed by atoms with E-state index in [2.05, 4.69) is 5.10 Å². The van der Waals surface area contributed by atoms with Crippen LogP contribution in [0.4, 0.5) is 0 Å². The molecule has 1 aromatic carbocycles. The Labute approximate surface area is 141 Å². The van der Waals surface area contributed by atoms with Gasteiger partial charge in [0.25, 0.3) is 0 Å². The Hall–Kier alpha value is -2.18. The molecule has 0 radical (unpaired) electrons. The van der Waals surface area contributed by atoms with Crippen LogP contribution in [0.15, 0.2) is 42.7 Å². The van der Waals surface area contributed by atoms with Gasteiger partial charge in [-0.2, -0.15) is 5.10 Å². The third kappa shape index (κ3) is 3.66. The van der Waals surface area contributed by atoms with Crippen molar-refractivity contribution in [2.45, 2.75) is 25.0 Å². The topological polar surface area (TPSA) is 67.6 Å². The van der Waals surface area contributed by atoms with Gasteiger partial charge in [0.2, 0.25) is 5.91 Å². The number of aromatic nitrogens is 2. The van der Waals surface area contributed by atoms with Crippen LogP contribution in [0, 0.1) is 0 Å². The second-order valence-corrected chi connectivity index (χ2v) is 6.46. The van der Waals surface area contributed by atoms with Crippen LogP contribution in [0.2, 0.25) is 0 Å². The number of aryl methyl sites for hydroxylation is 1. The van der Waals surface area contributed by atoms with E-state index in [4.69, 9.17) is 4.74 Å². The summed E-state index contributed by atoms with van der Waals surface area (Å²) in [5.74, 6) is -0.0685. The monoisotopic (exact) mass is 329 g/mol. The number of morpholine rings is 1. The largest absolute Gasteiger partial charge is 0.385 e. The third-order valence-corrected chi connectivity index (χ3v) is 4.41. The Bertz CT molecular complexity index is 697. The SMILES string of the molecule is Cn1cc(C2CN(C(=O)CC(C)(O)c3ccccc3)CCO2)cn1. The zero-order valence-electron chi connectivity index (χ0n) is 14.1. The number of hydrogen-bond donors (Lipinski definition) is 1. The zero-order chi connectivity index (χ0) is 17.2. The molecule has 6 heteroatoms. The molecule has 1 saturated heterocycles. The van der Waals surface area contributed by atoms with Crippen LogP contribution in [0.3, 0.4) is 0 Å². The fourth-order valence-corrected chi connectivity index (χ4v) is 2.99. The lowest BCUT2D eigenvalue weighted by atomic mass is 9.92. The van der Waals surface area contributed by atoms with Gasteiger partial charge in [-0.3, -0.25) is 9.48 Å². The fraction of sp³-hybridized carbons (Fsp3) is 0.444. The average molecular weight is 329 g/mol. The van der Waals surface area contributed by atoms with E-state index in [0.29, 0.717) is 19.7 Å². The number of ether oxygens (including phenoxy) is 1. The molecule has 3 rings (SSSR count). The van der Waals surface area contributed by atoms with Crippen molar-refractivity contribution >= 4 is 5.91 Å². The minimum absolute atomic E-state index is 0.0524. The van der Waals surface area contributed by atoms with Crippen molar-refractivity contribution in [2.24, 2.45) is 7.05 Å². The van der Waals surface area contributed by atoms with Gasteiger partial charge in [-0.05, 0) is 12.5 Å². The molecule has 1 aliphatic rings. The second-order valence-electron chi connectivity index (χ2n) is 6.46. The molecule has 0 bridgehead atoms. The number of benzene rings is 1. The van der Waals surface area contributed by atoms with Gasteiger partial charge in [0, 0.05) is 25.4 Å². The summed E-state index contributed by atoms with van der Waals surface area (Å²) in [5, 5.41) is 14.8. The maximum absolute atomic E-state index is 12.7. The van der Waals surface area contributed by atoms with Gasteiger partial charge in [-0.15, -0.1) is 0 Å². The van der Waals surface area contributed by atoms with E-state index in [1.165, 1.54) is 0 Å². The highest BCUT2D eigenvalue weighted by atomic mass is 16.5. The van der Waals surface area contributed by atoms with E-state index in [-0.39, 0.29) is 18.4 Å². The smallest absolute Gasteiger partial charge is 0.225 e. The summed E-state index contributed by atoms with van der Waals surface area (Å²) in [7, 11) is 1.85. The lowest BCUT2D eigenvalue weighted by molar-refractivity contribution is -0.144. The number of aliphatic hydroxyl groups is 1. The van der Waals surface area contributed by atoms with Crippen molar-refractivity contribution in [1.82, 2.24) is 14.7 Å². The molecular formula is C18H23N3O3. The minimum Gasteiger partial charge on any atom is -0.385 e. The molecule has 2 unspecified atom stereocenters. The molecule has 1 N–H and O–H groups in total. The number of hydrogen-bond acceptors (Lipinski definition) is 4. The zero-order valence-corrected chi connectivity index (χ0v) is 14.1. The lowest BCUT2D eigenvalue weighted by Gasteiger charge is -2.34. The predicted octanol–water partition coefficient (Wildman–Crippen LogP) is 1.62. The van der Waals surface area contributed by atoms with Gasteiger partial charge < -0.3 is 14.7 Å². The summed E-state index contributed by atoms with van der Waals surface area (Å²) in [6, 6.07) is 9.29. The van der Waals surface area contributed by atoms with E-state index in [1.54, 1.807) is 22.7 Å². The highest BCUT2D eigenvalue weighted by molar-refractivity contribution is 5.77. The number of nitrogens with zero attached hydrogens (tertiary/aromatic N) is 3. The summed E-state index contributed by atoms with van der Waals surface area (Å²) < 4.78 is 7.48. The summed E-state index contributed by atoms with van der Waals surface area (Å²) in [6.07, 6.45) is 3.55. The molecule has 1 aromatic heterocycles. The summed E-state index contributed by atoms with van der Waals surface area (Å²) in [6.45, 7) is 3.19. The number of amides is 1. The molecule has 2 aromatic rings. The van der Waals surface area contributed by atoms with Crippen LogP contribution >= 0.6 is 0 Å². The molecule has 1 amide bonds. The van der Waals surface area contributed by atoms with Crippen molar-refractivity contribution in [3.8, 4) is 0 Å². The molecule has 128 valence electrons. The van der Waals surface area contributed by atoms with Gasteiger partial charge in [-0.25, -0.2) is 0 Å². The Morgan fingerprint density at radius 2 is 2.17 bits per heavy atom. The summed E-state index contributed by atoms with van der Waals surface area (Å²) in [4.78, 5) is 14.4. The third-order valence-electron chi connectivity index (χ3n) is 4.41. The summed E-state index contributed by atoms with van der Waals surface area (Å²) in [5.41, 5.74) is 0.528. The number of carbonyl (C=O) groups excluding carboxylic acids is 1. The van der Waals surface area contributed by atoms with Gasteiger partial charge in [0.05, 0.1) is 31.4 Å². The molecule has 2 atom stereocenters. The molecule has 0 spiro atoms. The lowest BCUT2D eigenvalue weighted by Crippen LogP contribution is -2.44. The predicted molar refractivity (Wildman–Crippen MR) is 89.1 cm³/mol. The van der Waals surface area contributed by atoms with Crippen LogP contribution in [0.1, 0.15) is 30.6 Å². The number of rotatable bonds is 4. The first-order chi connectivity index (χ1) is 11.5. The van der Waals surface area contributed by atoms with E-state index in [0.717, 1.165) is 11.1 Å². The van der Waals surface area contributed by atoms with Crippen molar-refractivity contribution in [3.05, 3.63) is 53.9 Å². The highest BCUT2D eigenvalue weighted by Crippen LogP contribution is 2.27. The molecule has 1 fully saturated rings. The van der Waals surface area contributed by atoms with Crippen LogP contribution in [-0.2, 0) is 22.2 Å². The maximum Gasteiger partial charge on any atom is 0.225 e. The van der Waals surface area contributed by atoms with Crippen LogP contribution in [0.25, 0.3) is 0 Å². The molecule has 2 heterocycles. The van der Waals surface area contributed by atoms with E-state index in [1.807, 2.05) is 43.6 Å². The minimum atomic E-state index is -1.18. The molecule has 24 heavy (non-hydrogen) atoms. The average Bonchev–Trinajstić information content (AvgIpc) is 3.02. The normalized spacial score (nSPS) is 20.6. The molecule has 1 aliphatic heterocycles. The quantitative estimate of drug-likeness (QED) is 0.925. The number of carbonyl (C=O) groups is 1. The highest BCUT2D eigenvalue weighted by Gasteiger charge is 2.32.